The van der Waals surface area contributed by atoms with Gasteiger partial charge in [0.2, 0.25) is 5.82 Å². The predicted molar refractivity (Wildman–Crippen MR) is 58.1 cm³/mol. The molecule has 1 N–H and O–H groups in total. The van der Waals surface area contributed by atoms with Gasteiger partial charge in [-0.25, -0.2) is 0 Å². The number of halogens is 1. The number of aromatic nitrogens is 2. The van der Waals surface area contributed by atoms with Gasteiger partial charge in [-0.05, 0) is 30.7 Å². The third kappa shape index (κ3) is 2.24. The molecule has 0 aliphatic carbocycles. The van der Waals surface area contributed by atoms with Crippen LogP contribution in [0.15, 0.2) is 27.2 Å². The average Bonchev–Trinajstić information content (AvgIpc) is 2.64. The van der Waals surface area contributed by atoms with Crippen LogP contribution in [0.25, 0.3) is 11.4 Å². The Kier molecular flexibility index (Phi) is 2.83. The molecule has 0 spiro atoms. The summed E-state index contributed by atoms with van der Waals surface area (Å²) in [6, 6.07) is 5.85. The zero-order valence-electron chi connectivity index (χ0n) is 8.07. The van der Waals surface area contributed by atoms with Crippen LogP contribution in [0.2, 0.25) is 0 Å². The minimum absolute atomic E-state index is 0.225. The van der Waals surface area contributed by atoms with E-state index in [9.17, 15) is 0 Å². The molecule has 4 nitrogen and oxygen atoms in total. The second-order valence-electron chi connectivity index (χ2n) is 3.19. The lowest BCUT2D eigenvalue weighted by Crippen LogP contribution is -1.85. The predicted octanol–water partition coefficient (Wildman–Crippen LogP) is 2.30. The molecule has 2 rings (SSSR count). The minimum atomic E-state index is -0.236. The Morgan fingerprint density at radius 1 is 1.40 bits per heavy atom. The molecular weight excluding hydrogens is 260 g/mol. The maximum absolute atomic E-state index is 8.80. The molecule has 0 unspecified atom stereocenters. The fourth-order valence-electron chi connectivity index (χ4n) is 1.30. The largest absolute Gasteiger partial charge is 0.387 e. The van der Waals surface area contributed by atoms with Crippen molar-refractivity contribution in [2.45, 2.75) is 13.5 Å². The molecule has 0 saturated carbocycles. The van der Waals surface area contributed by atoms with Gasteiger partial charge in [0.05, 0.1) is 0 Å². The first-order valence-electron chi connectivity index (χ1n) is 4.40. The zero-order chi connectivity index (χ0) is 10.8. The monoisotopic (exact) mass is 268 g/mol. The number of aryl methyl sites for hydroxylation is 1. The van der Waals surface area contributed by atoms with Gasteiger partial charge in [-0.2, -0.15) is 4.98 Å². The second kappa shape index (κ2) is 4.12. The van der Waals surface area contributed by atoms with Crippen LogP contribution < -0.4 is 0 Å². The van der Waals surface area contributed by atoms with Crippen LogP contribution in [-0.2, 0) is 6.61 Å². The van der Waals surface area contributed by atoms with E-state index in [1.54, 1.807) is 0 Å². The van der Waals surface area contributed by atoms with Crippen LogP contribution in [-0.4, -0.2) is 15.2 Å². The van der Waals surface area contributed by atoms with Gasteiger partial charge in [0.1, 0.15) is 6.61 Å². The molecule has 1 aromatic heterocycles. The number of rotatable bonds is 2. The average molecular weight is 269 g/mol. The Labute approximate surface area is 95.1 Å². The Bertz CT molecular complexity index is 462. The SMILES string of the molecule is Cc1cc(Br)cc(-c2noc(CO)n2)c1. The fraction of sp³-hybridized carbons (Fsp3) is 0.200. The van der Waals surface area contributed by atoms with E-state index in [1.807, 2.05) is 25.1 Å². The highest BCUT2D eigenvalue weighted by atomic mass is 79.9. The molecule has 15 heavy (non-hydrogen) atoms. The standard InChI is InChI=1S/C10H9BrN2O2/c1-6-2-7(4-8(11)3-6)10-12-9(5-14)15-13-10/h2-4,14H,5H2,1H3. The highest BCUT2D eigenvalue weighted by Gasteiger charge is 2.08. The number of nitrogens with zero attached hydrogens (tertiary/aromatic N) is 2. The minimum Gasteiger partial charge on any atom is -0.387 e. The van der Waals surface area contributed by atoms with Crippen molar-refractivity contribution in [1.82, 2.24) is 10.1 Å². The lowest BCUT2D eigenvalue weighted by Gasteiger charge is -1.98. The van der Waals surface area contributed by atoms with E-state index in [-0.39, 0.29) is 12.5 Å². The molecule has 0 aliphatic heterocycles. The van der Waals surface area contributed by atoms with Crippen molar-refractivity contribution < 1.29 is 9.63 Å². The van der Waals surface area contributed by atoms with Gasteiger partial charge in [0, 0.05) is 10.0 Å². The molecule has 0 amide bonds. The van der Waals surface area contributed by atoms with Crippen LogP contribution in [0, 0.1) is 6.92 Å². The summed E-state index contributed by atoms with van der Waals surface area (Å²) in [7, 11) is 0. The third-order valence-electron chi connectivity index (χ3n) is 1.90. The van der Waals surface area contributed by atoms with Crippen LogP contribution >= 0.6 is 15.9 Å². The van der Waals surface area contributed by atoms with Crippen LogP contribution in [0.5, 0.6) is 0 Å². The summed E-state index contributed by atoms with van der Waals surface area (Å²) in [4.78, 5) is 4.03. The molecular formula is C10H9BrN2O2. The van der Waals surface area contributed by atoms with E-state index in [2.05, 4.69) is 26.1 Å². The van der Waals surface area contributed by atoms with Gasteiger partial charge in [-0.1, -0.05) is 21.1 Å². The summed E-state index contributed by atoms with van der Waals surface area (Å²) >= 11 is 3.40. The maximum Gasteiger partial charge on any atom is 0.252 e. The molecule has 0 radical (unpaired) electrons. The van der Waals surface area contributed by atoms with Crippen molar-refractivity contribution >= 4 is 15.9 Å². The van der Waals surface area contributed by atoms with Crippen molar-refractivity contribution in [2.24, 2.45) is 0 Å². The van der Waals surface area contributed by atoms with Gasteiger partial charge < -0.3 is 9.63 Å². The molecule has 0 bridgehead atoms. The van der Waals surface area contributed by atoms with Crippen LogP contribution in [0.1, 0.15) is 11.5 Å². The molecule has 78 valence electrons. The van der Waals surface area contributed by atoms with E-state index >= 15 is 0 Å². The smallest absolute Gasteiger partial charge is 0.252 e. The molecule has 0 aliphatic rings. The Morgan fingerprint density at radius 2 is 2.20 bits per heavy atom. The highest BCUT2D eigenvalue weighted by molar-refractivity contribution is 9.10. The highest BCUT2D eigenvalue weighted by Crippen LogP contribution is 2.22. The molecule has 5 heteroatoms. The number of hydrogen-bond acceptors (Lipinski definition) is 4. The molecule has 0 fully saturated rings. The summed E-state index contributed by atoms with van der Waals surface area (Å²) in [5.74, 6) is 0.714. The molecule has 2 aromatic rings. The van der Waals surface area contributed by atoms with Gasteiger partial charge in [0.25, 0.3) is 5.89 Å². The number of aliphatic hydroxyl groups is 1. The Balaban J connectivity index is 2.44. The van der Waals surface area contributed by atoms with E-state index in [1.165, 1.54) is 0 Å². The second-order valence-corrected chi connectivity index (χ2v) is 4.10. The Morgan fingerprint density at radius 3 is 2.80 bits per heavy atom. The number of aliphatic hydroxyl groups excluding tert-OH is 1. The van der Waals surface area contributed by atoms with E-state index < -0.39 is 0 Å². The van der Waals surface area contributed by atoms with E-state index in [0.717, 1.165) is 15.6 Å². The number of hydrogen-bond donors (Lipinski definition) is 1. The first-order valence-corrected chi connectivity index (χ1v) is 5.19. The maximum atomic E-state index is 8.80. The van der Waals surface area contributed by atoms with Crippen LogP contribution in [0.3, 0.4) is 0 Å². The summed E-state index contributed by atoms with van der Waals surface area (Å²) in [5.41, 5.74) is 1.97. The Hall–Kier alpha value is -1.20. The fourth-order valence-corrected chi connectivity index (χ4v) is 1.91. The lowest BCUT2D eigenvalue weighted by molar-refractivity contribution is 0.222. The summed E-state index contributed by atoms with van der Waals surface area (Å²) in [6.45, 7) is 1.75. The molecule has 1 aromatic carbocycles. The first kappa shape index (κ1) is 10.3. The normalized spacial score (nSPS) is 10.6. The molecule has 0 atom stereocenters. The van der Waals surface area contributed by atoms with Crippen molar-refractivity contribution in [3.63, 3.8) is 0 Å². The lowest BCUT2D eigenvalue weighted by atomic mass is 10.1. The van der Waals surface area contributed by atoms with Gasteiger partial charge in [0.15, 0.2) is 0 Å². The molecule has 1 heterocycles. The summed E-state index contributed by atoms with van der Waals surface area (Å²) in [5, 5.41) is 12.6. The van der Waals surface area contributed by atoms with Crippen LogP contribution in [0.4, 0.5) is 0 Å². The van der Waals surface area contributed by atoms with E-state index in [4.69, 9.17) is 9.63 Å². The summed E-state index contributed by atoms with van der Waals surface area (Å²) < 4.78 is 5.79. The van der Waals surface area contributed by atoms with Crippen molar-refractivity contribution in [3.8, 4) is 11.4 Å². The third-order valence-corrected chi connectivity index (χ3v) is 2.36. The van der Waals surface area contributed by atoms with Gasteiger partial charge in [-0.15, -0.1) is 0 Å². The topological polar surface area (TPSA) is 59.2 Å². The van der Waals surface area contributed by atoms with Gasteiger partial charge >= 0.3 is 0 Å². The first-order chi connectivity index (χ1) is 7.19. The molecule has 0 saturated heterocycles. The van der Waals surface area contributed by atoms with E-state index in [0.29, 0.717) is 5.82 Å². The van der Waals surface area contributed by atoms with Crippen molar-refractivity contribution in [3.05, 3.63) is 34.1 Å². The van der Waals surface area contributed by atoms with Crippen molar-refractivity contribution in [1.29, 1.82) is 0 Å². The summed E-state index contributed by atoms with van der Waals surface area (Å²) in [6.07, 6.45) is 0. The van der Waals surface area contributed by atoms with Gasteiger partial charge in [-0.3, -0.25) is 0 Å². The zero-order valence-corrected chi connectivity index (χ0v) is 9.65. The number of benzene rings is 1. The quantitative estimate of drug-likeness (QED) is 0.908. The van der Waals surface area contributed by atoms with Crippen molar-refractivity contribution in [2.75, 3.05) is 0 Å².